The second-order valence-electron chi connectivity index (χ2n) is 4.46. The topological polar surface area (TPSA) is 37.3 Å². The molecule has 1 aromatic carbocycles. The van der Waals surface area contributed by atoms with E-state index in [2.05, 4.69) is 15.5 Å². The zero-order valence-electron chi connectivity index (χ0n) is 11.5. The minimum Gasteiger partial charge on any atom is -0.260 e. The van der Waals surface area contributed by atoms with Crippen molar-refractivity contribution >= 4 is 23.1 Å². The van der Waals surface area contributed by atoms with Crippen molar-refractivity contribution in [1.29, 1.82) is 0 Å². The summed E-state index contributed by atoms with van der Waals surface area (Å²) >= 11 is 5.69. The van der Waals surface area contributed by atoms with Gasteiger partial charge in [-0.05, 0) is 25.1 Å². The van der Waals surface area contributed by atoms with Crippen LogP contribution in [0.1, 0.15) is 18.1 Å². The van der Waals surface area contributed by atoms with Gasteiger partial charge in [-0.2, -0.15) is 18.3 Å². The number of hydrogen-bond acceptors (Lipinski definition) is 3. The summed E-state index contributed by atoms with van der Waals surface area (Å²) in [4.78, 5) is 3.50. The van der Waals surface area contributed by atoms with Crippen LogP contribution in [-0.4, -0.2) is 10.7 Å². The second-order valence-corrected chi connectivity index (χ2v) is 4.87. The normalized spacial score (nSPS) is 12.4. The summed E-state index contributed by atoms with van der Waals surface area (Å²) < 4.78 is 64.6. The quantitative estimate of drug-likeness (QED) is 0.488. The fourth-order valence-corrected chi connectivity index (χ4v) is 1.92. The van der Waals surface area contributed by atoms with Crippen molar-refractivity contribution in [3.05, 3.63) is 58.2 Å². The van der Waals surface area contributed by atoms with E-state index in [9.17, 15) is 22.0 Å². The van der Waals surface area contributed by atoms with Gasteiger partial charge in [-0.1, -0.05) is 17.7 Å². The zero-order valence-corrected chi connectivity index (χ0v) is 12.3. The lowest BCUT2D eigenvalue weighted by molar-refractivity contribution is -0.137. The number of hydrazone groups is 1. The Morgan fingerprint density at radius 3 is 2.35 bits per heavy atom. The van der Waals surface area contributed by atoms with Crippen LogP contribution in [0.5, 0.6) is 0 Å². The molecule has 23 heavy (non-hydrogen) atoms. The molecule has 9 heteroatoms. The highest BCUT2D eigenvalue weighted by atomic mass is 35.5. The van der Waals surface area contributed by atoms with E-state index >= 15 is 0 Å². The lowest BCUT2D eigenvalue weighted by Crippen LogP contribution is -2.08. The first-order valence-corrected chi connectivity index (χ1v) is 6.55. The Morgan fingerprint density at radius 1 is 1.22 bits per heavy atom. The molecule has 2 aromatic rings. The molecule has 1 aromatic heterocycles. The van der Waals surface area contributed by atoms with Crippen molar-refractivity contribution in [2.75, 3.05) is 5.43 Å². The molecule has 2 rings (SSSR count). The highest BCUT2D eigenvalue weighted by Crippen LogP contribution is 2.32. The largest absolute Gasteiger partial charge is 0.417 e. The molecule has 122 valence electrons. The van der Waals surface area contributed by atoms with Gasteiger partial charge in [0.15, 0.2) is 5.82 Å². The summed E-state index contributed by atoms with van der Waals surface area (Å²) in [6, 6.07) is 3.98. The van der Waals surface area contributed by atoms with Crippen molar-refractivity contribution < 1.29 is 22.0 Å². The van der Waals surface area contributed by atoms with Gasteiger partial charge < -0.3 is 0 Å². The van der Waals surface area contributed by atoms with E-state index in [-0.39, 0.29) is 22.1 Å². The number of benzene rings is 1. The molecular weight excluding hydrogens is 341 g/mol. The molecule has 1 N–H and O–H groups in total. The third kappa shape index (κ3) is 3.95. The fourth-order valence-electron chi connectivity index (χ4n) is 1.71. The molecule has 0 aliphatic rings. The zero-order chi connectivity index (χ0) is 17.2. The number of rotatable bonds is 3. The molecule has 0 bridgehead atoms. The molecule has 0 unspecified atom stereocenters. The van der Waals surface area contributed by atoms with Crippen LogP contribution in [0.25, 0.3) is 0 Å². The first-order valence-electron chi connectivity index (χ1n) is 6.17. The number of hydrogen-bond donors (Lipinski definition) is 1. The van der Waals surface area contributed by atoms with Gasteiger partial charge in [0.1, 0.15) is 11.6 Å². The van der Waals surface area contributed by atoms with E-state index in [4.69, 9.17) is 11.6 Å². The van der Waals surface area contributed by atoms with E-state index in [1.54, 1.807) is 0 Å². The monoisotopic (exact) mass is 349 g/mol. The van der Waals surface area contributed by atoms with Gasteiger partial charge in [-0.25, -0.2) is 13.8 Å². The average Bonchev–Trinajstić information content (AvgIpc) is 2.44. The fraction of sp³-hybridized carbons (Fsp3) is 0.143. The van der Waals surface area contributed by atoms with Crippen LogP contribution in [-0.2, 0) is 6.18 Å². The van der Waals surface area contributed by atoms with Crippen molar-refractivity contribution in [2.45, 2.75) is 13.1 Å². The molecule has 0 atom stereocenters. The summed E-state index contributed by atoms with van der Waals surface area (Å²) in [6.45, 7) is 1.33. The van der Waals surface area contributed by atoms with Crippen molar-refractivity contribution in [3.8, 4) is 0 Å². The van der Waals surface area contributed by atoms with Crippen LogP contribution in [0.15, 0.2) is 35.6 Å². The molecule has 0 amide bonds. The Kier molecular flexibility index (Phi) is 4.84. The molecule has 0 spiro atoms. The van der Waals surface area contributed by atoms with Gasteiger partial charge in [-0.15, -0.1) is 0 Å². The Morgan fingerprint density at radius 2 is 1.83 bits per heavy atom. The lowest BCUT2D eigenvalue weighted by atomic mass is 10.1. The van der Waals surface area contributed by atoms with Gasteiger partial charge in [0.25, 0.3) is 0 Å². The van der Waals surface area contributed by atoms with E-state index in [1.165, 1.54) is 13.0 Å². The highest BCUT2D eigenvalue weighted by Gasteiger charge is 2.31. The van der Waals surface area contributed by atoms with Crippen molar-refractivity contribution in [2.24, 2.45) is 5.10 Å². The molecular formula is C14H9ClF5N3. The van der Waals surface area contributed by atoms with Crippen LogP contribution >= 0.6 is 11.6 Å². The Balaban J connectivity index is 2.26. The number of anilines is 1. The summed E-state index contributed by atoms with van der Waals surface area (Å²) in [5.41, 5.74) is 0.854. The number of alkyl halides is 3. The van der Waals surface area contributed by atoms with Crippen LogP contribution in [0.4, 0.5) is 27.8 Å². The Bertz CT molecular complexity index is 738. The van der Waals surface area contributed by atoms with E-state index in [0.29, 0.717) is 12.3 Å². The maximum absolute atomic E-state index is 13.6. The SMILES string of the molecule is C/C(=N/Nc1ncc(C(F)(F)F)cc1Cl)c1c(F)cccc1F. The smallest absolute Gasteiger partial charge is 0.260 e. The molecule has 1 heterocycles. The van der Waals surface area contributed by atoms with Crippen LogP contribution in [0, 0.1) is 11.6 Å². The third-order valence-corrected chi connectivity index (χ3v) is 3.11. The molecule has 0 saturated carbocycles. The first kappa shape index (κ1) is 17.1. The maximum atomic E-state index is 13.6. The standard InChI is InChI=1S/C14H9ClF5N3/c1-7(12-10(16)3-2-4-11(12)17)22-23-13-9(15)5-8(6-21-13)14(18,19)20/h2-6H,1H3,(H,21,23)/b22-7-. The van der Waals surface area contributed by atoms with Crippen LogP contribution in [0.2, 0.25) is 5.02 Å². The predicted octanol–water partition coefficient (Wildman–Crippen LogP) is 4.87. The van der Waals surface area contributed by atoms with E-state index in [1.807, 2.05) is 0 Å². The molecule has 0 aliphatic heterocycles. The molecule has 3 nitrogen and oxygen atoms in total. The van der Waals surface area contributed by atoms with Crippen molar-refractivity contribution in [1.82, 2.24) is 4.98 Å². The summed E-state index contributed by atoms with van der Waals surface area (Å²) in [5, 5.41) is 3.37. The predicted molar refractivity (Wildman–Crippen MR) is 76.4 cm³/mol. The van der Waals surface area contributed by atoms with Gasteiger partial charge in [0.05, 0.1) is 21.9 Å². The molecule has 0 saturated heterocycles. The van der Waals surface area contributed by atoms with Crippen LogP contribution in [0.3, 0.4) is 0 Å². The Hall–Kier alpha value is -2.22. The number of halogens is 6. The first-order chi connectivity index (χ1) is 10.7. The minimum absolute atomic E-state index is 0.0571. The second kappa shape index (κ2) is 6.49. The lowest BCUT2D eigenvalue weighted by Gasteiger charge is -2.09. The number of nitrogens with zero attached hydrogens (tertiary/aromatic N) is 2. The summed E-state index contributed by atoms with van der Waals surface area (Å²) in [5.74, 6) is -1.81. The molecule has 0 fully saturated rings. The van der Waals surface area contributed by atoms with Gasteiger partial charge in [-0.3, -0.25) is 5.43 Å². The van der Waals surface area contributed by atoms with Crippen LogP contribution < -0.4 is 5.43 Å². The molecule has 0 aliphatic carbocycles. The number of aromatic nitrogens is 1. The number of pyridine rings is 1. The van der Waals surface area contributed by atoms with Crippen molar-refractivity contribution in [3.63, 3.8) is 0 Å². The number of nitrogens with one attached hydrogen (secondary N) is 1. The summed E-state index contributed by atoms with van der Waals surface area (Å²) in [6.07, 6.45) is -4.01. The summed E-state index contributed by atoms with van der Waals surface area (Å²) in [7, 11) is 0. The Labute approximate surface area is 132 Å². The van der Waals surface area contributed by atoms with Gasteiger partial charge >= 0.3 is 6.18 Å². The van der Waals surface area contributed by atoms with Gasteiger partial charge in [0.2, 0.25) is 0 Å². The van der Waals surface area contributed by atoms with Gasteiger partial charge in [0, 0.05) is 6.20 Å². The minimum atomic E-state index is -4.58. The highest BCUT2D eigenvalue weighted by molar-refractivity contribution is 6.33. The van der Waals surface area contributed by atoms with E-state index in [0.717, 1.165) is 12.1 Å². The molecule has 0 radical (unpaired) electrons. The third-order valence-electron chi connectivity index (χ3n) is 2.82. The average molecular weight is 350 g/mol. The van der Waals surface area contributed by atoms with E-state index < -0.39 is 23.4 Å². The maximum Gasteiger partial charge on any atom is 0.417 e.